The molecule has 3 N–H and O–H groups in total. The van der Waals surface area contributed by atoms with E-state index in [9.17, 15) is 9.59 Å². The van der Waals surface area contributed by atoms with Crippen LogP contribution in [-0.4, -0.2) is 34.1 Å². The summed E-state index contributed by atoms with van der Waals surface area (Å²) in [5.41, 5.74) is 3.23. The first-order valence-electron chi connectivity index (χ1n) is 8.52. The Labute approximate surface area is 146 Å². The first-order valence-corrected chi connectivity index (χ1v) is 8.52. The number of aryl methyl sites for hydroxylation is 1. The van der Waals surface area contributed by atoms with Crippen LogP contribution in [0.5, 0.6) is 0 Å². The van der Waals surface area contributed by atoms with Gasteiger partial charge in [0, 0.05) is 25.2 Å². The van der Waals surface area contributed by atoms with Crippen molar-refractivity contribution in [3.63, 3.8) is 0 Å². The van der Waals surface area contributed by atoms with E-state index in [-0.39, 0.29) is 18.0 Å². The number of rotatable bonds is 5. The fourth-order valence-electron chi connectivity index (χ4n) is 3.29. The lowest BCUT2D eigenvalue weighted by atomic mass is 10.0. The van der Waals surface area contributed by atoms with Crippen LogP contribution in [0.3, 0.4) is 0 Å². The number of aromatic nitrogens is 2. The van der Waals surface area contributed by atoms with Crippen molar-refractivity contribution >= 4 is 23.0 Å². The van der Waals surface area contributed by atoms with E-state index in [2.05, 4.69) is 38.5 Å². The molecular formula is C18H23N5O2. The van der Waals surface area contributed by atoms with Gasteiger partial charge in [-0.3, -0.25) is 4.79 Å². The molecule has 0 fully saturated rings. The van der Waals surface area contributed by atoms with Gasteiger partial charge in [0.05, 0.1) is 22.6 Å². The maximum Gasteiger partial charge on any atom is 0.319 e. The highest BCUT2D eigenvalue weighted by molar-refractivity contribution is 5.98. The van der Waals surface area contributed by atoms with Crippen LogP contribution in [0.1, 0.15) is 26.6 Å². The molecule has 1 unspecified atom stereocenters. The third-order valence-corrected chi connectivity index (χ3v) is 4.41. The van der Waals surface area contributed by atoms with Crippen LogP contribution < -0.4 is 16.0 Å². The Balaban J connectivity index is 1.68. The van der Waals surface area contributed by atoms with E-state index in [1.54, 1.807) is 13.8 Å². The average molecular weight is 341 g/mol. The quantitative estimate of drug-likeness (QED) is 0.773. The molecule has 1 aromatic carbocycles. The lowest BCUT2D eigenvalue weighted by molar-refractivity contribution is -0.117. The van der Waals surface area contributed by atoms with Crippen LogP contribution in [0.15, 0.2) is 35.5 Å². The number of para-hydroxylation sites is 2. The van der Waals surface area contributed by atoms with Gasteiger partial charge < -0.3 is 20.5 Å². The lowest BCUT2D eigenvalue weighted by Crippen LogP contribution is -2.50. The van der Waals surface area contributed by atoms with Gasteiger partial charge in [-0.25, -0.2) is 9.78 Å². The zero-order chi connectivity index (χ0) is 18.0. The SMILES string of the molecule is CCn1c(CCNC(=O)C2=C(C)NC(=O)NC2C)nc2ccccc21. The standard InChI is InChI=1S/C18H23N5O2/c1-4-23-14-8-6-5-7-13(14)22-15(23)9-10-19-17(24)16-11(2)20-18(25)21-12(16)3/h5-8,11H,4,9-10H2,1-3H3,(H,19,24)(H2,20,21,25). The predicted molar refractivity (Wildman–Crippen MR) is 96.0 cm³/mol. The summed E-state index contributed by atoms with van der Waals surface area (Å²) >= 11 is 0. The number of nitrogens with one attached hydrogen (secondary N) is 3. The summed E-state index contributed by atoms with van der Waals surface area (Å²) < 4.78 is 2.16. The number of carbonyl (C=O) groups excluding carboxylic acids is 2. The first kappa shape index (κ1) is 17.0. The summed E-state index contributed by atoms with van der Waals surface area (Å²) in [6.07, 6.45) is 0.648. The molecule has 25 heavy (non-hydrogen) atoms. The Hall–Kier alpha value is -2.83. The molecule has 1 aromatic heterocycles. The summed E-state index contributed by atoms with van der Waals surface area (Å²) in [7, 11) is 0. The number of amides is 3. The molecule has 132 valence electrons. The molecule has 3 amide bonds. The number of hydrogen-bond acceptors (Lipinski definition) is 3. The number of fused-ring (bicyclic) bond motifs is 1. The van der Waals surface area contributed by atoms with Gasteiger partial charge in [0.1, 0.15) is 5.82 Å². The highest BCUT2D eigenvalue weighted by atomic mass is 16.2. The van der Waals surface area contributed by atoms with Crippen molar-refractivity contribution < 1.29 is 9.59 Å². The number of hydrogen-bond donors (Lipinski definition) is 3. The molecule has 2 aromatic rings. The highest BCUT2D eigenvalue weighted by Gasteiger charge is 2.26. The molecule has 2 heterocycles. The highest BCUT2D eigenvalue weighted by Crippen LogP contribution is 2.16. The van der Waals surface area contributed by atoms with Gasteiger partial charge in [0.15, 0.2) is 0 Å². The predicted octanol–water partition coefficient (Wildman–Crippen LogP) is 1.69. The zero-order valence-electron chi connectivity index (χ0n) is 14.7. The molecule has 0 radical (unpaired) electrons. The maximum atomic E-state index is 12.5. The van der Waals surface area contributed by atoms with Gasteiger partial charge in [-0.2, -0.15) is 0 Å². The summed E-state index contributed by atoms with van der Waals surface area (Å²) in [4.78, 5) is 28.5. The fourth-order valence-corrected chi connectivity index (χ4v) is 3.29. The van der Waals surface area contributed by atoms with Crippen molar-refractivity contribution in [2.24, 2.45) is 0 Å². The van der Waals surface area contributed by atoms with E-state index in [1.165, 1.54) is 0 Å². The molecule has 0 spiro atoms. The molecular weight excluding hydrogens is 318 g/mol. The summed E-state index contributed by atoms with van der Waals surface area (Å²) in [5.74, 6) is 0.787. The van der Waals surface area contributed by atoms with Crippen LogP contribution in [0.4, 0.5) is 4.79 Å². The summed E-state index contributed by atoms with van der Waals surface area (Å²) in [6.45, 7) is 6.94. The Morgan fingerprint density at radius 3 is 2.84 bits per heavy atom. The number of carbonyl (C=O) groups is 2. The minimum atomic E-state index is -0.311. The van der Waals surface area contributed by atoms with Crippen molar-refractivity contribution in [2.75, 3.05) is 6.54 Å². The van der Waals surface area contributed by atoms with Gasteiger partial charge in [-0.15, -0.1) is 0 Å². The van der Waals surface area contributed by atoms with Gasteiger partial charge in [0.2, 0.25) is 0 Å². The molecule has 1 aliphatic rings. The fraction of sp³-hybridized carbons (Fsp3) is 0.389. The van der Waals surface area contributed by atoms with Crippen LogP contribution in [0, 0.1) is 0 Å². The second kappa shape index (κ2) is 6.96. The average Bonchev–Trinajstić information content (AvgIpc) is 2.91. The van der Waals surface area contributed by atoms with E-state index < -0.39 is 0 Å². The molecule has 1 atom stereocenters. The molecule has 3 rings (SSSR count). The van der Waals surface area contributed by atoms with Crippen molar-refractivity contribution in [3.05, 3.63) is 41.4 Å². The Bertz CT molecular complexity index is 852. The number of imidazole rings is 1. The molecule has 0 aliphatic carbocycles. The molecule has 0 saturated carbocycles. The minimum Gasteiger partial charge on any atom is -0.352 e. The molecule has 7 nitrogen and oxygen atoms in total. The van der Waals surface area contributed by atoms with Gasteiger partial charge in [0.25, 0.3) is 5.91 Å². The molecule has 1 aliphatic heterocycles. The maximum absolute atomic E-state index is 12.5. The number of allylic oxidation sites excluding steroid dienone is 1. The van der Waals surface area contributed by atoms with Gasteiger partial charge >= 0.3 is 6.03 Å². The molecule has 7 heteroatoms. The van der Waals surface area contributed by atoms with Crippen molar-refractivity contribution in [1.82, 2.24) is 25.5 Å². The topological polar surface area (TPSA) is 88.0 Å². The van der Waals surface area contributed by atoms with E-state index in [4.69, 9.17) is 0 Å². The van der Waals surface area contributed by atoms with Gasteiger partial charge in [-0.1, -0.05) is 12.1 Å². The van der Waals surface area contributed by atoms with E-state index in [1.807, 2.05) is 18.2 Å². The number of nitrogens with zero attached hydrogens (tertiary/aromatic N) is 2. The second-order valence-corrected chi connectivity index (χ2v) is 6.13. The zero-order valence-corrected chi connectivity index (χ0v) is 14.7. The third kappa shape index (κ3) is 3.35. The largest absolute Gasteiger partial charge is 0.352 e. The summed E-state index contributed by atoms with van der Waals surface area (Å²) in [5, 5.41) is 8.27. The number of benzene rings is 1. The normalized spacial score (nSPS) is 17.4. The van der Waals surface area contributed by atoms with Crippen LogP contribution in [0.2, 0.25) is 0 Å². The van der Waals surface area contributed by atoms with E-state index in [0.717, 1.165) is 23.4 Å². The van der Waals surface area contributed by atoms with Crippen LogP contribution >= 0.6 is 0 Å². The minimum absolute atomic E-state index is 0.170. The number of urea groups is 1. The lowest BCUT2D eigenvalue weighted by Gasteiger charge is -2.25. The van der Waals surface area contributed by atoms with E-state index >= 15 is 0 Å². The van der Waals surface area contributed by atoms with Crippen molar-refractivity contribution in [3.8, 4) is 0 Å². The smallest absolute Gasteiger partial charge is 0.319 e. The van der Waals surface area contributed by atoms with Crippen LogP contribution in [0.25, 0.3) is 11.0 Å². The van der Waals surface area contributed by atoms with Crippen molar-refractivity contribution in [2.45, 2.75) is 39.8 Å². The monoisotopic (exact) mass is 341 g/mol. The Kier molecular flexibility index (Phi) is 4.74. The molecule has 0 saturated heterocycles. The molecule has 0 bridgehead atoms. The second-order valence-electron chi connectivity index (χ2n) is 6.13. The summed E-state index contributed by atoms with van der Waals surface area (Å²) in [6, 6.07) is 7.44. The third-order valence-electron chi connectivity index (χ3n) is 4.41. The van der Waals surface area contributed by atoms with Crippen LogP contribution in [-0.2, 0) is 17.8 Å². The Morgan fingerprint density at radius 1 is 1.36 bits per heavy atom. The first-order chi connectivity index (χ1) is 12.0. The van der Waals surface area contributed by atoms with E-state index in [0.29, 0.717) is 24.2 Å². The van der Waals surface area contributed by atoms with Gasteiger partial charge in [-0.05, 0) is 32.9 Å². The van der Waals surface area contributed by atoms with Crippen molar-refractivity contribution in [1.29, 1.82) is 0 Å². The Morgan fingerprint density at radius 2 is 2.12 bits per heavy atom.